The average Bonchev–Trinajstić information content (AvgIpc) is 3.09. The van der Waals surface area contributed by atoms with Gasteiger partial charge in [0.25, 0.3) is 0 Å². The van der Waals surface area contributed by atoms with Crippen molar-refractivity contribution in [3.8, 4) is 6.07 Å². The number of rotatable bonds is 3. The molecule has 1 N–H and O–H groups in total. The molecule has 0 spiro atoms. The van der Waals surface area contributed by atoms with Gasteiger partial charge in [-0.2, -0.15) is 5.26 Å². The normalized spacial score (nSPS) is 17.9. The second-order valence-electron chi connectivity index (χ2n) is 4.44. The summed E-state index contributed by atoms with van der Waals surface area (Å²) in [6.07, 6.45) is 1.23. The molecule has 0 aromatic heterocycles. The lowest BCUT2D eigenvalue weighted by molar-refractivity contribution is -0.125. The van der Waals surface area contributed by atoms with Crippen molar-refractivity contribution in [1.82, 2.24) is 5.32 Å². The van der Waals surface area contributed by atoms with E-state index in [1.54, 1.807) is 19.1 Å². The third kappa shape index (κ3) is 2.28. The van der Waals surface area contributed by atoms with Gasteiger partial charge in [0, 0.05) is 0 Å². The number of nitriles is 1. The molecule has 1 amide bonds. The monoisotopic (exact) mass is 232 g/mol. The van der Waals surface area contributed by atoms with E-state index in [-0.39, 0.29) is 17.8 Å². The van der Waals surface area contributed by atoms with Crippen LogP contribution in [0.15, 0.2) is 24.3 Å². The topological polar surface area (TPSA) is 52.9 Å². The maximum Gasteiger partial charge on any atom is 0.240 e. The minimum atomic E-state index is -0.832. The molecule has 88 valence electrons. The van der Waals surface area contributed by atoms with Crippen LogP contribution in [0.5, 0.6) is 0 Å². The number of benzene rings is 1. The van der Waals surface area contributed by atoms with E-state index in [4.69, 9.17) is 5.26 Å². The van der Waals surface area contributed by atoms with E-state index in [0.717, 1.165) is 0 Å². The van der Waals surface area contributed by atoms with Crippen molar-refractivity contribution in [2.24, 2.45) is 5.41 Å². The molecule has 1 fully saturated rings. The van der Waals surface area contributed by atoms with Crippen LogP contribution in [0, 0.1) is 22.6 Å². The summed E-state index contributed by atoms with van der Waals surface area (Å²) in [4.78, 5) is 11.8. The number of halogens is 1. The Hall–Kier alpha value is -1.89. The molecule has 0 radical (unpaired) electrons. The summed E-state index contributed by atoms with van der Waals surface area (Å²) in [5.74, 6) is -0.582. The number of hydrogen-bond donors (Lipinski definition) is 1. The first-order chi connectivity index (χ1) is 8.07. The van der Waals surface area contributed by atoms with E-state index in [9.17, 15) is 9.18 Å². The van der Waals surface area contributed by atoms with Crippen LogP contribution >= 0.6 is 0 Å². The van der Waals surface area contributed by atoms with Crippen molar-refractivity contribution in [3.63, 3.8) is 0 Å². The van der Waals surface area contributed by atoms with Crippen LogP contribution in [0.4, 0.5) is 4.39 Å². The van der Waals surface area contributed by atoms with Crippen LogP contribution in [-0.2, 0) is 4.79 Å². The highest BCUT2D eigenvalue weighted by atomic mass is 19.1. The highest BCUT2D eigenvalue weighted by Gasteiger charge is 2.50. The van der Waals surface area contributed by atoms with Gasteiger partial charge < -0.3 is 5.32 Å². The summed E-state index contributed by atoms with van der Waals surface area (Å²) in [6.45, 7) is 1.78. The van der Waals surface area contributed by atoms with Gasteiger partial charge in [-0.1, -0.05) is 12.1 Å². The smallest absolute Gasteiger partial charge is 0.240 e. The molecule has 1 atom stereocenters. The second kappa shape index (κ2) is 4.17. The lowest BCUT2D eigenvalue weighted by Crippen LogP contribution is -2.33. The molecule has 4 heteroatoms. The molecule has 3 nitrogen and oxygen atoms in total. The van der Waals surface area contributed by atoms with Gasteiger partial charge in [0.15, 0.2) is 0 Å². The maximum atomic E-state index is 13.0. The van der Waals surface area contributed by atoms with Crippen LogP contribution in [0.1, 0.15) is 31.4 Å². The van der Waals surface area contributed by atoms with Crippen molar-refractivity contribution in [1.29, 1.82) is 5.26 Å². The fraction of sp³-hybridized carbons (Fsp3) is 0.385. The molecule has 1 aromatic rings. The van der Waals surface area contributed by atoms with Gasteiger partial charge >= 0.3 is 0 Å². The van der Waals surface area contributed by atoms with Crippen LogP contribution in [0.2, 0.25) is 0 Å². The van der Waals surface area contributed by atoms with Gasteiger partial charge in [0.05, 0.1) is 12.1 Å². The minimum Gasteiger partial charge on any atom is -0.348 e. The standard InChI is InChI=1S/C13H13FN2O/c1-9(10-3-2-4-11(14)7-10)16-12(17)13(8-15)5-6-13/h2-4,7,9H,5-6H2,1H3,(H,16,17). The number of nitrogens with zero attached hydrogens (tertiary/aromatic N) is 1. The SMILES string of the molecule is CC(NC(=O)C1(C#N)CC1)c1cccc(F)c1. The molecular formula is C13H13FN2O. The molecule has 1 aliphatic rings. The Kier molecular flexibility index (Phi) is 2.84. The van der Waals surface area contributed by atoms with Crippen molar-refractivity contribution >= 4 is 5.91 Å². The number of carbonyl (C=O) groups is 1. The summed E-state index contributed by atoms with van der Waals surface area (Å²) in [5, 5.41) is 11.6. The van der Waals surface area contributed by atoms with E-state index in [1.807, 2.05) is 6.07 Å². The Labute approximate surface area is 99.2 Å². The highest BCUT2D eigenvalue weighted by Crippen LogP contribution is 2.45. The average molecular weight is 232 g/mol. The first-order valence-electron chi connectivity index (χ1n) is 5.55. The van der Waals surface area contributed by atoms with Crippen molar-refractivity contribution in [3.05, 3.63) is 35.6 Å². The molecule has 0 saturated heterocycles. The van der Waals surface area contributed by atoms with Crippen molar-refractivity contribution in [2.45, 2.75) is 25.8 Å². The molecule has 1 saturated carbocycles. The van der Waals surface area contributed by atoms with Gasteiger partial charge in [-0.15, -0.1) is 0 Å². The largest absolute Gasteiger partial charge is 0.348 e. The van der Waals surface area contributed by atoms with Crippen molar-refractivity contribution in [2.75, 3.05) is 0 Å². The van der Waals surface area contributed by atoms with Crippen LogP contribution in [-0.4, -0.2) is 5.91 Å². The fourth-order valence-electron chi connectivity index (χ4n) is 1.71. The van der Waals surface area contributed by atoms with Gasteiger partial charge in [0.2, 0.25) is 5.91 Å². The summed E-state index contributed by atoms with van der Waals surface area (Å²) >= 11 is 0. The molecular weight excluding hydrogens is 219 g/mol. The molecule has 0 aliphatic heterocycles. The number of amides is 1. The van der Waals surface area contributed by atoms with E-state index in [2.05, 4.69) is 5.32 Å². The Morgan fingerprint density at radius 2 is 2.29 bits per heavy atom. The molecule has 1 unspecified atom stereocenters. The van der Waals surface area contributed by atoms with Gasteiger partial charge in [0.1, 0.15) is 11.2 Å². The van der Waals surface area contributed by atoms with E-state index in [0.29, 0.717) is 18.4 Å². The zero-order chi connectivity index (χ0) is 12.5. The molecule has 1 aromatic carbocycles. The van der Waals surface area contributed by atoms with Gasteiger partial charge in [-0.3, -0.25) is 4.79 Å². The maximum absolute atomic E-state index is 13.0. The van der Waals surface area contributed by atoms with Gasteiger partial charge in [-0.25, -0.2) is 4.39 Å². The fourth-order valence-corrected chi connectivity index (χ4v) is 1.71. The zero-order valence-electron chi connectivity index (χ0n) is 9.53. The molecule has 1 aliphatic carbocycles. The summed E-state index contributed by atoms with van der Waals surface area (Å²) in [5.41, 5.74) is -0.131. The number of hydrogen-bond acceptors (Lipinski definition) is 2. The van der Waals surface area contributed by atoms with Crippen LogP contribution < -0.4 is 5.32 Å². The molecule has 0 heterocycles. The molecule has 2 rings (SSSR count). The third-order valence-corrected chi connectivity index (χ3v) is 3.09. The predicted molar refractivity (Wildman–Crippen MR) is 60.2 cm³/mol. The summed E-state index contributed by atoms with van der Waals surface area (Å²) < 4.78 is 13.0. The number of carbonyl (C=O) groups excluding carboxylic acids is 1. The lowest BCUT2D eigenvalue weighted by Gasteiger charge is -2.16. The first kappa shape index (κ1) is 11.6. The Morgan fingerprint density at radius 1 is 1.59 bits per heavy atom. The highest BCUT2D eigenvalue weighted by molar-refractivity contribution is 5.88. The Morgan fingerprint density at radius 3 is 2.82 bits per heavy atom. The van der Waals surface area contributed by atoms with E-state index < -0.39 is 5.41 Å². The zero-order valence-corrected chi connectivity index (χ0v) is 9.53. The quantitative estimate of drug-likeness (QED) is 0.869. The third-order valence-electron chi connectivity index (χ3n) is 3.09. The minimum absolute atomic E-state index is 0.253. The second-order valence-corrected chi connectivity index (χ2v) is 4.44. The summed E-state index contributed by atoms with van der Waals surface area (Å²) in [7, 11) is 0. The first-order valence-corrected chi connectivity index (χ1v) is 5.55. The predicted octanol–water partition coefficient (Wildman–Crippen LogP) is 2.31. The Bertz CT molecular complexity index is 488. The van der Waals surface area contributed by atoms with Crippen LogP contribution in [0.25, 0.3) is 0 Å². The summed E-state index contributed by atoms with van der Waals surface area (Å²) in [6, 6.07) is 7.84. The number of nitrogens with one attached hydrogen (secondary N) is 1. The van der Waals surface area contributed by atoms with E-state index >= 15 is 0 Å². The van der Waals surface area contributed by atoms with Gasteiger partial charge in [-0.05, 0) is 37.5 Å². The molecule has 17 heavy (non-hydrogen) atoms. The lowest BCUT2D eigenvalue weighted by atomic mass is 10.1. The molecule has 0 bridgehead atoms. The van der Waals surface area contributed by atoms with E-state index in [1.165, 1.54) is 12.1 Å². The Balaban J connectivity index is 2.05. The van der Waals surface area contributed by atoms with Crippen LogP contribution in [0.3, 0.4) is 0 Å². The van der Waals surface area contributed by atoms with Crippen molar-refractivity contribution < 1.29 is 9.18 Å².